The standard InChI is InChI=1S/C21H24N6O/c1-14-6-7-15-13-17(14)20(28)24-10-3-2-9-22-19-16(5-4-11-23-19)18-8-12-25-21(26-15)27-18/h4-8,11-14,17H,2-3,9-10H2,1H3,(H,22,23)(H,24,28)(H,25,26,27). The van der Waals surface area contributed by atoms with E-state index in [9.17, 15) is 4.79 Å². The van der Waals surface area contributed by atoms with Crippen LogP contribution < -0.4 is 16.0 Å². The minimum atomic E-state index is -0.202. The first-order valence-corrected chi connectivity index (χ1v) is 9.68. The lowest BCUT2D eigenvalue weighted by Crippen LogP contribution is -2.34. The van der Waals surface area contributed by atoms with E-state index in [1.54, 1.807) is 12.4 Å². The molecule has 7 nitrogen and oxygen atoms in total. The summed E-state index contributed by atoms with van der Waals surface area (Å²) >= 11 is 0. The van der Waals surface area contributed by atoms with Crippen LogP contribution in [0.4, 0.5) is 11.8 Å². The van der Waals surface area contributed by atoms with E-state index in [2.05, 4.69) is 37.8 Å². The summed E-state index contributed by atoms with van der Waals surface area (Å²) in [5.41, 5.74) is 2.56. The third-order valence-electron chi connectivity index (χ3n) is 5.00. The molecule has 0 saturated heterocycles. The number of nitrogens with one attached hydrogen (secondary N) is 3. The molecule has 2 aromatic rings. The highest BCUT2D eigenvalue weighted by Gasteiger charge is 2.24. The molecule has 2 aliphatic rings. The van der Waals surface area contributed by atoms with Crippen molar-refractivity contribution in [1.82, 2.24) is 20.3 Å². The maximum atomic E-state index is 12.6. The molecule has 0 spiro atoms. The number of nitrogens with zero attached hydrogens (tertiary/aromatic N) is 3. The summed E-state index contributed by atoms with van der Waals surface area (Å²) in [6.07, 6.45) is 11.3. The van der Waals surface area contributed by atoms with E-state index in [1.807, 2.05) is 36.4 Å². The maximum Gasteiger partial charge on any atom is 0.227 e. The highest BCUT2D eigenvalue weighted by atomic mass is 16.1. The first-order chi connectivity index (χ1) is 13.7. The van der Waals surface area contributed by atoms with Gasteiger partial charge in [0.1, 0.15) is 5.82 Å². The quantitative estimate of drug-likeness (QED) is 0.655. The molecule has 28 heavy (non-hydrogen) atoms. The van der Waals surface area contributed by atoms with Gasteiger partial charge in [0.15, 0.2) is 0 Å². The first kappa shape index (κ1) is 18.2. The Hall–Kier alpha value is -3.22. The van der Waals surface area contributed by atoms with Gasteiger partial charge in [0, 0.05) is 36.7 Å². The molecule has 2 unspecified atom stereocenters. The van der Waals surface area contributed by atoms with Crippen LogP contribution in [-0.4, -0.2) is 33.9 Å². The zero-order valence-electron chi connectivity index (χ0n) is 15.9. The second-order valence-corrected chi connectivity index (χ2v) is 7.08. The fourth-order valence-electron chi connectivity index (χ4n) is 3.41. The lowest BCUT2D eigenvalue weighted by molar-refractivity contribution is -0.124. The van der Waals surface area contributed by atoms with Crippen LogP contribution in [0.2, 0.25) is 0 Å². The Morgan fingerprint density at radius 1 is 1.07 bits per heavy atom. The van der Waals surface area contributed by atoms with Crippen LogP contribution >= 0.6 is 0 Å². The Morgan fingerprint density at radius 3 is 2.82 bits per heavy atom. The lowest BCUT2D eigenvalue weighted by atomic mass is 9.88. The summed E-state index contributed by atoms with van der Waals surface area (Å²) in [5, 5.41) is 9.68. The molecular formula is C21H24N6O. The average Bonchev–Trinajstić information content (AvgIpc) is 2.72. The third-order valence-corrected chi connectivity index (χ3v) is 5.00. The number of amides is 1. The van der Waals surface area contributed by atoms with Gasteiger partial charge in [-0.3, -0.25) is 4.79 Å². The molecule has 0 radical (unpaired) electrons. The SMILES string of the molecule is CC1C=CC2=CC1C(=O)NCCCCNc1ncccc1-c1ccnc(n1)N2. The second kappa shape index (κ2) is 8.21. The van der Waals surface area contributed by atoms with E-state index in [0.717, 1.165) is 42.2 Å². The Bertz CT molecular complexity index is 923. The van der Waals surface area contributed by atoms with E-state index >= 15 is 0 Å². The molecule has 3 N–H and O–H groups in total. The van der Waals surface area contributed by atoms with Gasteiger partial charge in [0.05, 0.1) is 11.6 Å². The van der Waals surface area contributed by atoms with Gasteiger partial charge in [-0.2, -0.15) is 0 Å². The summed E-state index contributed by atoms with van der Waals surface area (Å²) in [6.45, 7) is 3.50. The highest BCUT2D eigenvalue weighted by Crippen LogP contribution is 2.27. The molecule has 4 rings (SSSR count). The monoisotopic (exact) mass is 376 g/mol. The summed E-state index contributed by atoms with van der Waals surface area (Å²) in [7, 11) is 0. The Morgan fingerprint density at radius 2 is 1.93 bits per heavy atom. The number of rotatable bonds is 0. The van der Waals surface area contributed by atoms with Crippen molar-refractivity contribution in [1.29, 1.82) is 0 Å². The molecule has 0 aromatic carbocycles. The molecule has 144 valence electrons. The first-order valence-electron chi connectivity index (χ1n) is 9.68. The molecule has 1 aliphatic heterocycles. The zero-order chi connectivity index (χ0) is 19.3. The van der Waals surface area contributed by atoms with Crippen molar-refractivity contribution < 1.29 is 4.79 Å². The summed E-state index contributed by atoms with van der Waals surface area (Å²) < 4.78 is 0. The number of anilines is 2. The van der Waals surface area contributed by atoms with Gasteiger partial charge in [-0.05, 0) is 49.1 Å². The van der Waals surface area contributed by atoms with Crippen molar-refractivity contribution in [3.05, 3.63) is 54.5 Å². The minimum Gasteiger partial charge on any atom is -0.370 e. The third kappa shape index (κ3) is 4.03. The van der Waals surface area contributed by atoms with Crippen LogP contribution in [0.15, 0.2) is 54.5 Å². The molecular weight excluding hydrogens is 352 g/mol. The van der Waals surface area contributed by atoms with Gasteiger partial charge in [0.2, 0.25) is 11.9 Å². The van der Waals surface area contributed by atoms with Crippen LogP contribution in [-0.2, 0) is 4.79 Å². The normalized spacial score (nSPS) is 22.2. The van der Waals surface area contributed by atoms with Crippen LogP contribution in [0.5, 0.6) is 0 Å². The molecule has 3 heterocycles. The van der Waals surface area contributed by atoms with E-state index in [1.165, 1.54) is 0 Å². The fourth-order valence-corrected chi connectivity index (χ4v) is 3.41. The maximum absolute atomic E-state index is 12.6. The topological polar surface area (TPSA) is 91.8 Å². The molecule has 4 bridgehead atoms. The number of hydrogen-bond donors (Lipinski definition) is 3. The van der Waals surface area contributed by atoms with Gasteiger partial charge in [-0.1, -0.05) is 13.0 Å². The Labute approximate surface area is 164 Å². The van der Waals surface area contributed by atoms with Gasteiger partial charge in [0.25, 0.3) is 0 Å². The van der Waals surface area contributed by atoms with Gasteiger partial charge < -0.3 is 16.0 Å². The van der Waals surface area contributed by atoms with E-state index in [-0.39, 0.29) is 17.7 Å². The van der Waals surface area contributed by atoms with Gasteiger partial charge >= 0.3 is 0 Å². The summed E-state index contributed by atoms with van der Waals surface area (Å²) in [4.78, 5) is 26.0. The van der Waals surface area contributed by atoms with Crippen LogP contribution in [0, 0.1) is 11.8 Å². The van der Waals surface area contributed by atoms with E-state index in [4.69, 9.17) is 0 Å². The second-order valence-electron chi connectivity index (χ2n) is 7.08. The fraction of sp³-hybridized carbons (Fsp3) is 0.333. The largest absolute Gasteiger partial charge is 0.370 e. The number of aromatic nitrogens is 3. The Kier molecular flexibility index (Phi) is 5.32. The van der Waals surface area contributed by atoms with Gasteiger partial charge in [-0.25, -0.2) is 15.0 Å². The lowest BCUT2D eigenvalue weighted by Gasteiger charge is -2.23. The van der Waals surface area contributed by atoms with Crippen LogP contribution in [0.1, 0.15) is 19.8 Å². The van der Waals surface area contributed by atoms with Crippen LogP contribution in [0.25, 0.3) is 11.3 Å². The van der Waals surface area contributed by atoms with E-state index in [0.29, 0.717) is 12.5 Å². The number of carbonyl (C=O) groups excluding carboxylic acids is 1. The molecule has 0 saturated carbocycles. The smallest absolute Gasteiger partial charge is 0.227 e. The Balaban J connectivity index is 1.69. The van der Waals surface area contributed by atoms with Crippen molar-refractivity contribution in [3.8, 4) is 11.3 Å². The molecule has 1 aliphatic carbocycles. The van der Waals surface area contributed by atoms with Crippen molar-refractivity contribution in [3.63, 3.8) is 0 Å². The number of pyridine rings is 1. The van der Waals surface area contributed by atoms with Gasteiger partial charge in [-0.15, -0.1) is 0 Å². The number of fused-ring (bicyclic) bond motifs is 5. The predicted octanol–water partition coefficient (Wildman–Crippen LogP) is 2.98. The zero-order valence-corrected chi connectivity index (χ0v) is 15.9. The van der Waals surface area contributed by atoms with E-state index < -0.39 is 0 Å². The molecule has 0 fully saturated rings. The molecule has 2 aromatic heterocycles. The van der Waals surface area contributed by atoms with Crippen LogP contribution in [0.3, 0.4) is 0 Å². The van der Waals surface area contributed by atoms with Crippen molar-refractivity contribution in [2.75, 3.05) is 23.7 Å². The van der Waals surface area contributed by atoms with Crippen molar-refractivity contribution in [2.45, 2.75) is 19.8 Å². The molecule has 7 heteroatoms. The summed E-state index contributed by atoms with van der Waals surface area (Å²) in [6, 6.07) is 5.78. The van der Waals surface area contributed by atoms with Crippen molar-refractivity contribution >= 4 is 17.7 Å². The van der Waals surface area contributed by atoms with Crippen molar-refractivity contribution in [2.24, 2.45) is 11.8 Å². The molecule has 1 amide bonds. The number of carbonyl (C=O) groups is 1. The number of hydrogen-bond acceptors (Lipinski definition) is 6. The summed E-state index contributed by atoms with van der Waals surface area (Å²) in [5.74, 6) is 1.29. The predicted molar refractivity (Wildman–Crippen MR) is 109 cm³/mol. The minimum absolute atomic E-state index is 0.0536. The highest BCUT2D eigenvalue weighted by molar-refractivity contribution is 5.81. The number of allylic oxidation sites excluding steroid dienone is 2. The average molecular weight is 376 g/mol. The molecule has 2 atom stereocenters.